The van der Waals surface area contributed by atoms with Gasteiger partial charge in [-0.1, -0.05) is 86.7 Å². The molecule has 1 atom stereocenters. The average molecular weight is 583 g/mol. The molecule has 2 amide bonds. The molecule has 1 aliphatic rings. The first-order valence-electron chi connectivity index (χ1n) is 13.1. The first kappa shape index (κ1) is 30.2. The minimum atomic E-state index is -0.809. The third kappa shape index (κ3) is 10.5. The van der Waals surface area contributed by atoms with Crippen LogP contribution in [0.3, 0.4) is 0 Å². The van der Waals surface area contributed by atoms with E-state index < -0.39 is 12.0 Å². The molecule has 1 fully saturated rings. The number of rotatable bonds is 14. The zero-order valence-corrected chi connectivity index (χ0v) is 24.0. The summed E-state index contributed by atoms with van der Waals surface area (Å²) in [5.74, 6) is -1.10. The number of esters is 1. The number of carbonyl (C=O) groups excluding carboxylic acids is 3. The van der Waals surface area contributed by atoms with Crippen LogP contribution >= 0.6 is 28.1 Å². The Balaban J connectivity index is 1.73. The normalized spacial score (nSPS) is 15.4. The van der Waals surface area contributed by atoms with E-state index in [0.717, 1.165) is 29.3 Å². The second kappa shape index (κ2) is 16.7. The van der Waals surface area contributed by atoms with Crippen LogP contribution < -0.4 is 10.6 Å². The number of nitrogens with zero attached hydrogens (tertiary/aromatic N) is 1. The van der Waals surface area contributed by atoms with Crippen molar-refractivity contribution in [2.75, 3.05) is 19.7 Å². The smallest absolute Gasteiger partial charge is 0.308 e. The van der Waals surface area contributed by atoms with Crippen molar-refractivity contribution in [1.29, 1.82) is 0 Å². The Labute approximate surface area is 229 Å². The number of benzene rings is 1. The van der Waals surface area contributed by atoms with Crippen molar-refractivity contribution in [3.63, 3.8) is 0 Å². The predicted octanol–water partition coefficient (Wildman–Crippen LogP) is 5.43. The molecule has 200 valence electrons. The number of amides is 2. The van der Waals surface area contributed by atoms with Gasteiger partial charge in [0.1, 0.15) is 6.04 Å². The minimum Gasteiger partial charge on any atom is -0.466 e. The Morgan fingerprint density at radius 2 is 1.75 bits per heavy atom. The molecule has 0 aromatic heterocycles. The van der Waals surface area contributed by atoms with E-state index >= 15 is 0 Å². The van der Waals surface area contributed by atoms with Crippen molar-refractivity contribution in [3.8, 4) is 0 Å². The van der Waals surface area contributed by atoms with E-state index in [0.29, 0.717) is 25.3 Å². The van der Waals surface area contributed by atoms with Gasteiger partial charge in [-0.3, -0.25) is 19.7 Å². The molecule has 1 aromatic rings. The van der Waals surface area contributed by atoms with Gasteiger partial charge in [0.2, 0.25) is 5.91 Å². The summed E-state index contributed by atoms with van der Waals surface area (Å²) >= 11 is 8.85. The van der Waals surface area contributed by atoms with Gasteiger partial charge in [-0.05, 0) is 43.3 Å². The summed E-state index contributed by atoms with van der Waals surface area (Å²) in [5.41, 5.74) is 1.46. The lowest BCUT2D eigenvalue weighted by Gasteiger charge is -2.36. The lowest BCUT2D eigenvalue weighted by Crippen LogP contribution is -2.60. The maximum absolute atomic E-state index is 12.7. The van der Waals surface area contributed by atoms with Gasteiger partial charge in [0.05, 0.1) is 13.0 Å². The largest absolute Gasteiger partial charge is 0.466 e. The fourth-order valence-electron chi connectivity index (χ4n) is 4.13. The molecule has 2 N–H and O–H groups in total. The Morgan fingerprint density at radius 1 is 1.11 bits per heavy atom. The van der Waals surface area contributed by atoms with E-state index in [1.54, 1.807) is 17.0 Å². The minimum absolute atomic E-state index is 0.115. The van der Waals surface area contributed by atoms with Crippen LogP contribution in [0.5, 0.6) is 0 Å². The van der Waals surface area contributed by atoms with Gasteiger partial charge in [0.25, 0.3) is 5.91 Å². The van der Waals surface area contributed by atoms with Crippen LogP contribution in [-0.4, -0.2) is 53.5 Å². The molecular formula is C27H40BrN3O4S. The average Bonchev–Trinajstić information content (AvgIpc) is 2.85. The highest BCUT2D eigenvalue weighted by molar-refractivity contribution is 9.10. The summed E-state index contributed by atoms with van der Waals surface area (Å²) in [6.07, 6.45) is 12.0. The Morgan fingerprint density at radius 3 is 2.39 bits per heavy atom. The molecule has 9 heteroatoms. The van der Waals surface area contributed by atoms with Crippen molar-refractivity contribution in [1.82, 2.24) is 15.5 Å². The van der Waals surface area contributed by atoms with Crippen LogP contribution in [0.4, 0.5) is 0 Å². The maximum atomic E-state index is 12.7. The number of carbonyl (C=O) groups is 3. The van der Waals surface area contributed by atoms with Crippen molar-refractivity contribution in [2.45, 2.75) is 90.5 Å². The molecule has 0 aliphatic carbocycles. The molecular weight excluding hydrogens is 542 g/mol. The summed E-state index contributed by atoms with van der Waals surface area (Å²) in [6, 6.07) is 4.46. The van der Waals surface area contributed by atoms with Crippen LogP contribution in [0.2, 0.25) is 0 Å². The highest BCUT2D eigenvalue weighted by atomic mass is 79.9. The van der Waals surface area contributed by atoms with Crippen LogP contribution in [0.1, 0.15) is 93.5 Å². The Bertz CT molecular complexity index is 896. The summed E-state index contributed by atoms with van der Waals surface area (Å²) < 4.78 is 6.21. The van der Waals surface area contributed by atoms with Crippen LogP contribution in [0.15, 0.2) is 22.7 Å². The number of hydrogen-bond acceptors (Lipinski definition) is 5. The third-order valence-electron chi connectivity index (χ3n) is 6.37. The fraction of sp³-hybridized carbons (Fsp3) is 0.630. The number of ether oxygens (including phenoxy) is 1. The second-order valence-corrected chi connectivity index (χ2v) is 10.6. The van der Waals surface area contributed by atoms with E-state index in [1.807, 2.05) is 13.0 Å². The molecule has 0 saturated carbocycles. The van der Waals surface area contributed by atoms with E-state index in [-0.39, 0.29) is 23.3 Å². The molecule has 36 heavy (non-hydrogen) atoms. The van der Waals surface area contributed by atoms with E-state index in [4.69, 9.17) is 17.0 Å². The van der Waals surface area contributed by atoms with Crippen molar-refractivity contribution >= 4 is 51.0 Å². The fourth-order valence-corrected chi connectivity index (χ4v) is 4.82. The highest BCUT2D eigenvalue weighted by Gasteiger charge is 2.34. The number of halogens is 1. The van der Waals surface area contributed by atoms with E-state index in [2.05, 4.69) is 33.5 Å². The van der Waals surface area contributed by atoms with Gasteiger partial charge < -0.3 is 15.0 Å². The van der Waals surface area contributed by atoms with E-state index in [1.165, 1.54) is 44.9 Å². The zero-order chi connectivity index (χ0) is 26.3. The number of unbranched alkanes of at least 4 members (excludes halogenated alkanes) is 9. The van der Waals surface area contributed by atoms with Gasteiger partial charge in [-0.25, -0.2) is 0 Å². The van der Waals surface area contributed by atoms with E-state index in [9.17, 15) is 14.4 Å². The standard InChI is InChI=1S/C27H40BrN3O4S/c1-3-4-5-6-7-8-9-10-11-12-17-35-24(32)19-23-26(34)29-15-16-31(23)27(36)30-25(33)21-14-13-20(2)22(28)18-21/h13-14,18,23H,3-12,15-17,19H2,1-2H3,(H,29,34)(H,30,33,36). The highest BCUT2D eigenvalue weighted by Crippen LogP contribution is 2.18. The van der Waals surface area contributed by atoms with Gasteiger partial charge in [0, 0.05) is 23.1 Å². The van der Waals surface area contributed by atoms with Gasteiger partial charge in [-0.15, -0.1) is 0 Å². The molecule has 0 spiro atoms. The van der Waals surface area contributed by atoms with Crippen LogP contribution in [0, 0.1) is 6.92 Å². The number of thiocarbonyl (C=S) groups is 1. The first-order valence-corrected chi connectivity index (χ1v) is 14.3. The second-order valence-electron chi connectivity index (χ2n) is 9.33. The predicted molar refractivity (Wildman–Crippen MR) is 150 cm³/mol. The molecule has 1 aromatic carbocycles. The van der Waals surface area contributed by atoms with Crippen LogP contribution in [0.25, 0.3) is 0 Å². The zero-order valence-electron chi connectivity index (χ0n) is 21.6. The number of hydrogen-bond donors (Lipinski definition) is 2. The maximum Gasteiger partial charge on any atom is 0.308 e. The van der Waals surface area contributed by atoms with Gasteiger partial charge in [0.15, 0.2) is 5.11 Å². The topological polar surface area (TPSA) is 87.7 Å². The lowest BCUT2D eigenvalue weighted by molar-refractivity contribution is -0.147. The molecule has 1 aliphatic heterocycles. The van der Waals surface area contributed by atoms with Crippen molar-refractivity contribution < 1.29 is 19.1 Å². The monoisotopic (exact) mass is 581 g/mol. The molecule has 1 unspecified atom stereocenters. The number of piperazine rings is 1. The molecule has 2 rings (SSSR count). The van der Waals surface area contributed by atoms with Crippen molar-refractivity contribution in [3.05, 3.63) is 33.8 Å². The molecule has 0 bridgehead atoms. The summed E-state index contributed by atoms with van der Waals surface area (Å²) in [6.45, 7) is 5.30. The lowest BCUT2D eigenvalue weighted by atomic mass is 10.1. The number of nitrogens with one attached hydrogen (secondary N) is 2. The summed E-state index contributed by atoms with van der Waals surface area (Å²) in [5, 5.41) is 5.58. The molecule has 1 heterocycles. The molecule has 1 saturated heterocycles. The quantitative estimate of drug-likeness (QED) is 0.173. The third-order valence-corrected chi connectivity index (χ3v) is 7.56. The number of aryl methyl sites for hydroxylation is 1. The molecule has 0 radical (unpaired) electrons. The summed E-state index contributed by atoms with van der Waals surface area (Å²) in [4.78, 5) is 39.2. The first-order chi connectivity index (χ1) is 17.3. The molecule has 7 nitrogen and oxygen atoms in total. The SMILES string of the molecule is CCCCCCCCCCCCOC(=O)CC1C(=O)NCCN1C(=S)NC(=O)c1ccc(C)c(Br)c1. The van der Waals surface area contributed by atoms with Gasteiger partial charge >= 0.3 is 5.97 Å². The Hall–Kier alpha value is -2.00. The van der Waals surface area contributed by atoms with Crippen LogP contribution in [-0.2, 0) is 14.3 Å². The van der Waals surface area contributed by atoms with Crippen molar-refractivity contribution in [2.24, 2.45) is 0 Å². The Kier molecular flexibility index (Phi) is 14.0. The van der Waals surface area contributed by atoms with Gasteiger partial charge in [-0.2, -0.15) is 0 Å². The summed E-state index contributed by atoms with van der Waals surface area (Å²) in [7, 11) is 0.